The molecule has 5 saturated heterocycles. The fourth-order valence-electron chi connectivity index (χ4n) is 8.33. The van der Waals surface area contributed by atoms with Crippen LogP contribution in [0.15, 0.2) is 18.2 Å². The highest BCUT2D eigenvalue weighted by Crippen LogP contribution is 2.40. The zero-order valence-corrected chi connectivity index (χ0v) is 29.8. The maximum absolute atomic E-state index is 13.6. The van der Waals surface area contributed by atoms with Crippen LogP contribution in [0.4, 0.5) is 10.5 Å². The Morgan fingerprint density at radius 1 is 1.02 bits per heavy atom. The number of aryl methyl sites for hydroxylation is 1. The Labute approximate surface area is 284 Å². The summed E-state index contributed by atoms with van der Waals surface area (Å²) in [5.41, 5.74) is 5.62. The average molecular weight is 670 g/mol. The highest BCUT2D eigenvalue weighted by atomic mass is 32.2. The number of benzene rings is 1. The fourth-order valence-corrected chi connectivity index (χ4v) is 9.26. The number of carbonyl (C=O) groups excluding carboxylic acids is 3. The first-order valence-corrected chi connectivity index (χ1v) is 18.9. The topological polar surface area (TPSA) is 109 Å². The summed E-state index contributed by atoms with van der Waals surface area (Å²) in [5.74, 6) is 2.33. The van der Waals surface area contributed by atoms with Crippen molar-refractivity contribution in [3.63, 3.8) is 0 Å². The predicted molar refractivity (Wildman–Crippen MR) is 186 cm³/mol. The van der Waals surface area contributed by atoms with Crippen molar-refractivity contribution in [2.45, 2.75) is 103 Å². The van der Waals surface area contributed by atoms with E-state index in [0.29, 0.717) is 25.7 Å². The normalized spacial score (nSPS) is 27.7. The van der Waals surface area contributed by atoms with Gasteiger partial charge in [0.15, 0.2) is 0 Å². The van der Waals surface area contributed by atoms with Gasteiger partial charge < -0.3 is 25.2 Å². The van der Waals surface area contributed by atoms with Gasteiger partial charge in [0, 0.05) is 86.2 Å². The number of carbonyl (C=O) groups is 3. The molecular weight excluding hydrogens is 614 g/mol. The number of hydrogen-bond acceptors (Lipinski definition) is 9. The molecule has 3 atom stereocenters. The molecule has 3 N–H and O–H groups in total. The van der Waals surface area contributed by atoms with E-state index in [1.165, 1.54) is 24.6 Å². The zero-order valence-electron chi connectivity index (χ0n) is 29.0. The van der Waals surface area contributed by atoms with E-state index in [4.69, 9.17) is 4.74 Å². The van der Waals surface area contributed by atoms with Crippen LogP contribution in [-0.2, 0) is 9.53 Å². The van der Waals surface area contributed by atoms with Gasteiger partial charge in [-0.25, -0.2) is 15.2 Å². The first-order valence-electron chi connectivity index (χ1n) is 17.8. The van der Waals surface area contributed by atoms with Crippen molar-refractivity contribution < 1.29 is 19.1 Å². The summed E-state index contributed by atoms with van der Waals surface area (Å²) < 4.78 is 5.65. The Bertz CT molecular complexity index is 1300. The number of piperidine rings is 3. The lowest BCUT2D eigenvalue weighted by Gasteiger charge is -2.49. The van der Waals surface area contributed by atoms with Gasteiger partial charge in [-0.3, -0.25) is 14.5 Å². The van der Waals surface area contributed by atoms with Crippen molar-refractivity contribution in [3.05, 3.63) is 29.3 Å². The van der Waals surface area contributed by atoms with E-state index in [9.17, 15) is 14.4 Å². The van der Waals surface area contributed by atoms with Gasteiger partial charge in [-0.15, -0.1) is 0 Å². The molecule has 0 saturated carbocycles. The molecule has 0 spiro atoms. The summed E-state index contributed by atoms with van der Waals surface area (Å²) in [7, 11) is 0. The highest BCUT2D eigenvalue weighted by Gasteiger charge is 2.54. The molecule has 3 unspecified atom stereocenters. The summed E-state index contributed by atoms with van der Waals surface area (Å²) >= 11 is 2.04. The Morgan fingerprint density at radius 2 is 1.72 bits per heavy atom. The number of thioether (sulfide) groups is 1. The molecule has 0 radical (unpaired) electrons. The van der Waals surface area contributed by atoms with Gasteiger partial charge in [-0.2, -0.15) is 11.8 Å². The van der Waals surface area contributed by atoms with Crippen LogP contribution in [0.1, 0.15) is 82.1 Å². The maximum Gasteiger partial charge on any atom is 0.410 e. The Balaban J connectivity index is 1.11. The van der Waals surface area contributed by atoms with Gasteiger partial charge in [0.2, 0.25) is 5.91 Å². The number of amides is 3. The number of nitrogens with zero attached hydrogens (tertiary/aromatic N) is 4. The van der Waals surface area contributed by atoms with Crippen LogP contribution in [0.2, 0.25) is 0 Å². The molecule has 5 aliphatic heterocycles. The molecule has 5 fully saturated rings. The lowest BCUT2D eigenvalue weighted by molar-refractivity contribution is -0.128. The van der Waals surface area contributed by atoms with Crippen LogP contribution in [0.3, 0.4) is 0 Å². The minimum atomic E-state index is -0.526. The SMILES string of the molecule is CCC1(N2NC(Nc3ccc(C(=O)N4CCC(N5CCSCC5)CC4)c(C)c3)C3C(=O)NCCC32)CCN(C(=O)OC(C)(C)C)CC1. The summed E-state index contributed by atoms with van der Waals surface area (Å²) in [6.45, 7) is 15.7. The van der Waals surface area contributed by atoms with Crippen molar-refractivity contribution >= 4 is 35.4 Å². The molecule has 12 heteroatoms. The Kier molecular flexibility index (Phi) is 10.3. The second-order valence-corrected chi connectivity index (χ2v) is 16.3. The number of likely N-dealkylation sites (tertiary alicyclic amines) is 2. The number of hydrazine groups is 1. The number of rotatable bonds is 6. The summed E-state index contributed by atoms with van der Waals surface area (Å²) in [6.07, 6.45) is 4.91. The van der Waals surface area contributed by atoms with Crippen LogP contribution < -0.4 is 16.1 Å². The van der Waals surface area contributed by atoms with E-state index >= 15 is 0 Å². The molecule has 11 nitrogen and oxygen atoms in total. The fraction of sp³-hybridized carbons (Fsp3) is 0.743. The van der Waals surface area contributed by atoms with Crippen molar-refractivity contribution in [1.82, 2.24) is 30.5 Å². The van der Waals surface area contributed by atoms with E-state index in [-0.39, 0.29) is 41.6 Å². The van der Waals surface area contributed by atoms with E-state index in [1.54, 1.807) is 0 Å². The van der Waals surface area contributed by atoms with Gasteiger partial charge in [0.25, 0.3) is 5.91 Å². The van der Waals surface area contributed by atoms with Crippen LogP contribution in [0.5, 0.6) is 0 Å². The number of nitrogens with one attached hydrogen (secondary N) is 3. The molecule has 0 aliphatic carbocycles. The number of fused-ring (bicyclic) bond motifs is 1. The second kappa shape index (κ2) is 14.1. The third kappa shape index (κ3) is 7.40. The first-order chi connectivity index (χ1) is 22.5. The minimum absolute atomic E-state index is 0.0443. The van der Waals surface area contributed by atoms with Gasteiger partial charge in [0.1, 0.15) is 11.8 Å². The molecular formula is C35H55N7O4S. The van der Waals surface area contributed by atoms with Crippen molar-refractivity contribution in [2.75, 3.05) is 62.6 Å². The second-order valence-electron chi connectivity index (χ2n) is 15.0. The molecule has 260 valence electrons. The van der Waals surface area contributed by atoms with Gasteiger partial charge in [-0.1, -0.05) is 6.92 Å². The molecule has 1 aromatic rings. The van der Waals surface area contributed by atoms with Crippen LogP contribution in [0, 0.1) is 12.8 Å². The average Bonchev–Trinajstić information content (AvgIpc) is 3.44. The zero-order chi connectivity index (χ0) is 33.3. The third-order valence-electron chi connectivity index (χ3n) is 11.0. The monoisotopic (exact) mass is 669 g/mol. The Morgan fingerprint density at radius 3 is 2.36 bits per heavy atom. The molecule has 1 aromatic carbocycles. The standard InChI is InChI=1S/C35H55N7O4S/c1-6-35(12-17-41(18-13-35)33(45)46-34(3,4)5)42-28-9-14-36-31(43)29(28)30(38-42)37-25-7-8-27(24(2)23-25)32(44)40-15-10-26(11-16-40)39-19-21-47-22-20-39/h7-8,23,26,28-30,37-38H,6,9-22H2,1-5H3,(H,36,43). The molecule has 6 rings (SSSR count). The largest absolute Gasteiger partial charge is 0.444 e. The third-order valence-corrected chi connectivity index (χ3v) is 12.0. The number of ether oxygens (including phenoxy) is 1. The quantitative estimate of drug-likeness (QED) is 0.416. The molecule has 0 aromatic heterocycles. The number of anilines is 1. The minimum Gasteiger partial charge on any atom is -0.444 e. The summed E-state index contributed by atoms with van der Waals surface area (Å²) in [4.78, 5) is 46.2. The first kappa shape index (κ1) is 34.3. The highest BCUT2D eigenvalue weighted by molar-refractivity contribution is 7.99. The van der Waals surface area contributed by atoms with Crippen LogP contribution >= 0.6 is 11.8 Å². The van der Waals surface area contributed by atoms with E-state index < -0.39 is 5.60 Å². The lowest BCUT2D eigenvalue weighted by Crippen LogP contribution is -2.62. The molecule has 5 aliphatic rings. The van der Waals surface area contributed by atoms with E-state index in [0.717, 1.165) is 68.4 Å². The molecule has 5 heterocycles. The summed E-state index contributed by atoms with van der Waals surface area (Å²) in [5, 5.41) is 9.08. The van der Waals surface area contributed by atoms with Crippen molar-refractivity contribution in [1.29, 1.82) is 0 Å². The van der Waals surface area contributed by atoms with Crippen molar-refractivity contribution in [2.24, 2.45) is 5.92 Å². The van der Waals surface area contributed by atoms with Crippen LogP contribution in [-0.4, -0.2) is 124 Å². The van der Waals surface area contributed by atoms with Crippen molar-refractivity contribution in [3.8, 4) is 0 Å². The summed E-state index contributed by atoms with van der Waals surface area (Å²) in [6, 6.07) is 6.60. The lowest BCUT2D eigenvalue weighted by atomic mass is 9.81. The Hall–Kier alpha value is -2.54. The van der Waals surface area contributed by atoms with Gasteiger partial charge in [-0.05, 0) is 90.0 Å². The van der Waals surface area contributed by atoms with E-state index in [1.807, 2.05) is 67.5 Å². The van der Waals surface area contributed by atoms with Gasteiger partial charge >= 0.3 is 6.09 Å². The van der Waals surface area contributed by atoms with Gasteiger partial charge in [0.05, 0.1) is 5.92 Å². The van der Waals surface area contributed by atoms with E-state index in [2.05, 4.69) is 32.9 Å². The molecule has 47 heavy (non-hydrogen) atoms. The molecule has 0 bridgehead atoms. The predicted octanol–water partition coefficient (Wildman–Crippen LogP) is 3.89. The van der Waals surface area contributed by atoms with Crippen LogP contribution in [0.25, 0.3) is 0 Å². The smallest absolute Gasteiger partial charge is 0.410 e. The maximum atomic E-state index is 13.6. The molecule has 3 amide bonds. The number of hydrogen-bond donors (Lipinski definition) is 3.